The van der Waals surface area contributed by atoms with Crippen LogP contribution >= 0.6 is 17.0 Å². The summed E-state index contributed by atoms with van der Waals surface area (Å²) in [6.07, 6.45) is 1.08. The minimum atomic E-state index is -3.51. The zero-order valence-corrected chi connectivity index (χ0v) is 25.9. The van der Waals surface area contributed by atoms with E-state index in [0.29, 0.717) is 46.7 Å². The Morgan fingerprint density at radius 3 is 2.38 bits per heavy atom. The van der Waals surface area contributed by atoms with Crippen molar-refractivity contribution >= 4 is 44.5 Å². The molecule has 2 aromatic rings. The lowest BCUT2D eigenvalue weighted by molar-refractivity contribution is 0.0953. The summed E-state index contributed by atoms with van der Waals surface area (Å²) in [6.45, 7) is 7.97. The molecule has 0 spiro atoms. The number of fused-ring (bicyclic) bond motifs is 1. The first-order chi connectivity index (χ1) is 17.6. The third-order valence-electron chi connectivity index (χ3n) is 6.52. The summed E-state index contributed by atoms with van der Waals surface area (Å²) < 4.78 is 30.7. The lowest BCUT2D eigenvalue weighted by Crippen LogP contribution is -2.31. The van der Waals surface area contributed by atoms with Crippen LogP contribution in [0.25, 0.3) is 0 Å². The summed E-state index contributed by atoms with van der Waals surface area (Å²) >= 11 is 0. The highest BCUT2D eigenvalue weighted by molar-refractivity contribution is 8.93. The number of benzene rings is 2. The molecule has 0 saturated carbocycles. The number of amidine groups is 1. The van der Waals surface area contributed by atoms with Crippen molar-refractivity contribution in [1.29, 1.82) is 5.41 Å². The van der Waals surface area contributed by atoms with Crippen LogP contribution in [-0.2, 0) is 28.5 Å². The number of Topliss-reactive ketones (excluding diaryl/α,β-unsaturated/α-hetero) is 1. The number of nitrogens with zero attached hydrogens (tertiary/aromatic N) is 2. The van der Waals surface area contributed by atoms with E-state index in [1.807, 2.05) is 27.7 Å². The maximum Gasteiger partial charge on any atom is 0.254 e. The van der Waals surface area contributed by atoms with Gasteiger partial charge in [-0.3, -0.25) is 15.0 Å². The third kappa shape index (κ3) is 6.98. The molecule has 0 radical (unpaired) electrons. The molecule has 39 heavy (non-hydrogen) atoms. The molecule has 1 amide bonds. The van der Waals surface area contributed by atoms with E-state index in [2.05, 4.69) is 5.32 Å². The van der Waals surface area contributed by atoms with Crippen molar-refractivity contribution in [1.82, 2.24) is 14.5 Å². The van der Waals surface area contributed by atoms with Crippen molar-refractivity contribution in [3.8, 4) is 11.5 Å². The van der Waals surface area contributed by atoms with Crippen LogP contribution in [0.2, 0.25) is 0 Å². The van der Waals surface area contributed by atoms with Gasteiger partial charge in [0.25, 0.3) is 5.91 Å². The number of sulfonamides is 1. The highest BCUT2D eigenvalue weighted by atomic mass is 79.9. The van der Waals surface area contributed by atoms with E-state index in [0.717, 1.165) is 16.1 Å². The van der Waals surface area contributed by atoms with Gasteiger partial charge in [-0.15, -0.1) is 17.0 Å². The average molecular weight is 626 g/mol. The van der Waals surface area contributed by atoms with Crippen LogP contribution in [0, 0.1) is 5.41 Å². The number of carbonyl (C=O) groups excluding carboxylic acids is 2. The highest BCUT2D eigenvalue weighted by Gasteiger charge is 2.30. The van der Waals surface area contributed by atoms with Gasteiger partial charge in [0.2, 0.25) is 10.0 Å². The lowest BCUT2D eigenvalue weighted by Gasteiger charge is -2.25. The maximum atomic E-state index is 13.5. The number of rotatable bonds is 9. The molecule has 0 aliphatic carbocycles. The molecule has 0 atom stereocenters. The number of phenolic OH excluding ortho intramolecular Hbond substituents is 1. The van der Waals surface area contributed by atoms with Gasteiger partial charge in [-0.25, -0.2) is 12.7 Å². The van der Waals surface area contributed by atoms with E-state index in [1.165, 1.54) is 20.2 Å². The molecule has 1 heterocycles. The second kappa shape index (κ2) is 12.1. The summed E-state index contributed by atoms with van der Waals surface area (Å²) in [4.78, 5) is 27.5. The van der Waals surface area contributed by atoms with Crippen molar-refractivity contribution in [2.24, 2.45) is 0 Å². The van der Waals surface area contributed by atoms with Gasteiger partial charge in [-0.1, -0.05) is 20.8 Å². The van der Waals surface area contributed by atoms with Gasteiger partial charge in [0.1, 0.15) is 17.3 Å². The van der Waals surface area contributed by atoms with Gasteiger partial charge < -0.3 is 20.1 Å². The second-order valence-corrected chi connectivity index (χ2v) is 12.5. The molecule has 2 aromatic carbocycles. The molecular weight excluding hydrogens is 588 g/mol. The molecular formula is C27H37BrN4O6S. The topological polar surface area (TPSA) is 140 Å². The van der Waals surface area contributed by atoms with Crippen LogP contribution in [0.3, 0.4) is 0 Å². The number of ketones is 1. The van der Waals surface area contributed by atoms with Crippen LogP contribution in [-0.4, -0.2) is 73.8 Å². The van der Waals surface area contributed by atoms with Crippen LogP contribution in [0.1, 0.15) is 70.7 Å². The number of aromatic hydroxyl groups is 1. The van der Waals surface area contributed by atoms with Gasteiger partial charge in [0, 0.05) is 49.4 Å². The molecule has 3 rings (SSSR count). The summed E-state index contributed by atoms with van der Waals surface area (Å²) in [6, 6.07) is 6.49. The largest absolute Gasteiger partial charge is 0.507 e. The normalized spacial score (nSPS) is 13.2. The van der Waals surface area contributed by atoms with Gasteiger partial charge >= 0.3 is 0 Å². The molecule has 10 nitrogen and oxygen atoms in total. The smallest absolute Gasteiger partial charge is 0.254 e. The van der Waals surface area contributed by atoms with Gasteiger partial charge in [0.05, 0.1) is 25.0 Å². The first-order valence-electron chi connectivity index (χ1n) is 12.2. The highest BCUT2D eigenvalue weighted by Crippen LogP contribution is 2.36. The van der Waals surface area contributed by atoms with Crippen LogP contribution in [0.15, 0.2) is 24.3 Å². The van der Waals surface area contributed by atoms with Crippen molar-refractivity contribution in [2.45, 2.75) is 46.2 Å². The van der Waals surface area contributed by atoms with Crippen molar-refractivity contribution in [3.63, 3.8) is 0 Å². The van der Waals surface area contributed by atoms with E-state index in [1.54, 1.807) is 23.1 Å². The quantitative estimate of drug-likeness (QED) is 0.363. The minimum absolute atomic E-state index is 0. The molecule has 0 saturated heterocycles. The molecule has 1 aliphatic heterocycles. The van der Waals surface area contributed by atoms with E-state index >= 15 is 0 Å². The number of halogens is 1. The van der Waals surface area contributed by atoms with Crippen molar-refractivity contribution in [3.05, 3.63) is 57.6 Å². The fourth-order valence-electron chi connectivity index (χ4n) is 4.32. The zero-order chi connectivity index (χ0) is 28.6. The molecule has 0 fully saturated rings. The maximum absolute atomic E-state index is 13.5. The van der Waals surface area contributed by atoms with E-state index in [-0.39, 0.29) is 53.3 Å². The minimum Gasteiger partial charge on any atom is -0.507 e. The number of nitrogens with one attached hydrogen (secondary N) is 2. The van der Waals surface area contributed by atoms with E-state index < -0.39 is 15.4 Å². The Morgan fingerprint density at radius 2 is 1.85 bits per heavy atom. The molecule has 12 heteroatoms. The molecule has 3 N–H and O–H groups in total. The number of ether oxygens (including phenoxy) is 1. The van der Waals surface area contributed by atoms with E-state index in [9.17, 15) is 23.1 Å². The Bertz CT molecular complexity index is 1400. The zero-order valence-electron chi connectivity index (χ0n) is 23.3. The number of phenols is 1. The van der Waals surface area contributed by atoms with E-state index in [4.69, 9.17) is 10.1 Å². The summed E-state index contributed by atoms with van der Waals surface area (Å²) in [5.74, 6) is -0.124. The number of carbonyl (C=O) groups is 2. The molecule has 0 bridgehead atoms. The molecule has 0 aromatic heterocycles. The van der Waals surface area contributed by atoms with Gasteiger partial charge in [-0.05, 0) is 42.2 Å². The Hall–Kier alpha value is -2.96. The van der Waals surface area contributed by atoms with Crippen LogP contribution in [0.5, 0.6) is 11.5 Å². The van der Waals surface area contributed by atoms with Crippen molar-refractivity contribution in [2.75, 3.05) is 33.5 Å². The molecule has 1 aliphatic rings. The predicted molar refractivity (Wildman–Crippen MR) is 156 cm³/mol. The molecule has 0 unspecified atom stereocenters. The third-order valence-corrected chi connectivity index (χ3v) is 7.78. The van der Waals surface area contributed by atoms with Crippen LogP contribution in [0.4, 0.5) is 0 Å². The average Bonchev–Trinajstić information content (AvgIpc) is 3.12. The standard InChI is InChI=1S/C27H36N4O6S.BrH/c1-8-37-23-11-17-14-31(25(28)19(17)12-20(23)26(34)29-5)15-22(32)16-9-18(13-30(6)38(7,35)36)24(33)21(10-16)27(2,3)4;/h9-12,28,33H,8,13-15H2,1-7H3,(H,29,34);1H. The Morgan fingerprint density at radius 1 is 1.21 bits per heavy atom. The number of amides is 1. The first-order valence-corrected chi connectivity index (χ1v) is 14.1. The van der Waals surface area contributed by atoms with Gasteiger partial charge in [-0.2, -0.15) is 0 Å². The fourth-order valence-corrected chi connectivity index (χ4v) is 4.69. The Labute approximate surface area is 240 Å². The summed E-state index contributed by atoms with van der Waals surface area (Å²) in [5.41, 5.74) is 2.29. The SMILES string of the molecule is Br.CCOc1cc2c(cc1C(=O)NC)C(=N)N(CC(=O)c1cc(CN(C)S(C)(=O)=O)c(O)c(C(C)(C)C)c1)C2. The van der Waals surface area contributed by atoms with Crippen molar-refractivity contribution < 1.29 is 27.9 Å². The first kappa shape index (κ1) is 32.3. The second-order valence-electron chi connectivity index (χ2n) is 10.4. The predicted octanol–water partition coefficient (Wildman–Crippen LogP) is 3.44. The summed E-state index contributed by atoms with van der Waals surface area (Å²) in [7, 11) is -0.583. The number of hydrogen-bond donors (Lipinski definition) is 3. The monoisotopic (exact) mass is 624 g/mol. The fraction of sp³-hybridized carbons (Fsp3) is 0.444. The number of hydrogen-bond acceptors (Lipinski definition) is 7. The lowest BCUT2D eigenvalue weighted by atomic mass is 9.83. The Balaban J connectivity index is 0.00000533. The molecule has 214 valence electrons. The van der Waals surface area contributed by atoms with Crippen LogP contribution < -0.4 is 10.1 Å². The summed E-state index contributed by atoms with van der Waals surface area (Å²) in [5, 5.41) is 22.2. The van der Waals surface area contributed by atoms with Gasteiger partial charge in [0.15, 0.2) is 5.78 Å². The Kier molecular flexibility index (Phi) is 9.97.